The van der Waals surface area contributed by atoms with Crippen LogP contribution >= 0.6 is 22.9 Å². The third-order valence-electron chi connectivity index (χ3n) is 3.96. The van der Waals surface area contributed by atoms with Gasteiger partial charge in [0.25, 0.3) is 0 Å². The molecule has 3 rings (SSSR count). The van der Waals surface area contributed by atoms with Crippen molar-refractivity contribution in [3.8, 4) is 16.5 Å². The fourth-order valence-corrected chi connectivity index (χ4v) is 4.04. The van der Waals surface area contributed by atoms with Gasteiger partial charge in [-0.2, -0.15) is 0 Å². The summed E-state index contributed by atoms with van der Waals surface area (Å²) in [5, 5.41) is 0. The van der Waals surface area contributed by atoms with Crippen molar-refractivity contribution in [1.29, 1.82) is 0 Å². The van der Waals surface area contributed by atoms with Crippen LogP contribution in [0.4, 0.5) is 0 Å². The van der Waals surface area contributed by atoms with Crippen LogP contribution in [0.5, 0.6) is 5.88 Å². The molecule has 1 aliphatic rings. The minimum Gasteiger partial charge on any atom is -0.473 e. The van der Waals surface area contributed by atoms with Crippen LogP contribution in [0.1, 0.15) is 43.4 Å². The van der Waals surface area contributed by atoms with Crippen LogP contribution < -0.4 is 10.5 Å². The van der Waals surface area contributed by atoms with Crippen molar-refractivity contribution in [3.05, 3.63) is 27.9 Å². The van der Waals surface area contributed by atoms with E-state index in [1.54, 1.807) is 6.20 Å². The standard InChI is InChI=1S/C16H20ClN3OS/c1-10-16(21-12-5-3-2-4-6-12)19-9-13(20-10)15-11(8-18)7-14(17)22-15/h7,9,12H,2-6,8,18H2,1H3. The van der Waals surface area contributed by atoms with E-state index in [1.807, 2.05) is 13.0 Å². The van der Waals surface area contributed by atoms with E-state index in [0.29, 0.717) is 12.4 Å². The second-order valence-corrected chi connectivity index (χ2v) is 7.32. The minimum absolute atomic E-state index is 0.281. The van der Waals surface area contributed by atoms with Crippen LogP contribution in [0.25, 0.3) is 10.6 Å². The number of rotatable bonds is 4. The number of hydrogen-bond acceptors (Lipinski definition) is 5. The maximum absolute atomic E-state index is 6.08. The molecule has 1 saturated carbocycles. The normalized spacial score (nSPS) is 16.0. The number of aryl methyl sites for hydroxylation is 1. The predicted octanol–water partition coefficient (Wildman–Crippen LogP) is 4.34. The molecule has 0 spiro atoms. The van der Waals surface area contributed by atoms with E-state index in [0.717, 1.165) is 39.0 Å². The van der Waals surface area contributed by atoms with Crippen LogP contribution in [0.2, 0.25) is 4.34 Å². The van der Waals surface area contributed by atoms with Crippen molar-refractivity contribution in [2.45, 2.75) is 51.7 Å². The summed E-state index contributed by atoms with van der Waals surface area (Å²) in [5.41, 5.74) is 8.40. The van der Waals surface area contributed by atoms with Crippen LogP contribution in [0, 0.1) is 6.92 Å². The highest BCUT2D eigenvalue weighted by Gasteiger charge is 2.18. The lowest BCUT2D eigenvalue weighted by Crippen LogP contribution is -2.20. The minimum atomic E-state index is 0.281. The summed E-state index contributed by atoms with van der Waals surface area (Å²) >= 11 is 7.57. The maximum atomic E-state index is 6.08. The Labute approximate surface area is 139 Å². The molecule has 0 radical (unpaired) electrons. The lowest BCUT2D eigenvalue weighted by molar-refractivity contribution is 0.147. The van der Waals surface area contributed by atoms with Crippen LogP contribution in [-0.2, 0) is 6.54 Å². The first-order chi connectivity index (χ1) is 10.7. The molecule has 0 amide bonds. The van der Waals surface area contributed by atoms with Crippen molar-refractivity contribution in [2.24, 2.45) is 5.73 Å². The van der Waals surface area contributed by atoms with Gasteiger partial charge in [0.1, 0.15) is 11.8 Å². The topological polar surface area (TPSA) is 61.0 Å². The lowest BCUT2D eigenvalue weighted by atomic mass is 9.98. The summed E-state index contributed by atoms with van der Waals surface area (Å²) in [5.74, 6) is 0.646. The second kappa shape index (κ2) is 6.94. The van der Waals surface area contributed by atoms with Crippen molar-refractivity contribution >= 4 is 22.9 Å². The number of halogens is 1. The zero-order valence-electron chi connectivity index (χ0n) is 12.6. The molecule has 0 unspecified atom stereocenters. The third kappa shape index (κ3) is 3.42. The first-order valence-electron chi connectivity index (χ1n) is 7.66. The first kappa shape index (κ1) is 15.7. The molecule has 0 bridgehead atoms. The molecule has 2 aromatic heterocycles. The van der Waals surface area contributed by atoms with E-state index < -0.39 is 0 Å². The van der Waals surface area contributed by atoms with Crippen molar-refractivity contribution in [1.82, 2.24) is 9.97 Å². The van der Waals surface area contributed by atoms with Gasteiger partial charge < -0.3 is 10.5 Å². The Bertz CT molecular complexity index is 653. The Morgan fingerprint density at radius 3 is 2.82 bits per heavy atom. The molecule has 6 heteroatoms. The molecule has 118 valence electrons. The zero-order chi connectivity index (χ0) is 15.5. The van der Waals surface area contributed by atoms with E-state index in [1.165, 1.54) is 30.6 Å². The molecule has 0 saturated heterocycles. The summed E-state index contributed by atoms with van der Waals surface area (Å²) in [6.07, 6.45) is 8.05. The van der Waals surface area contributed by atoms with Gasteiger partial charge in [-0.25, -0.2) is 9.97 Å². The van der Waals surface area contributed by atoms with Gasteiger partial charge in [0.15, 0.2) is 0 Å². The molecule has 2 aromatic rings. The van der Waals surface area contributed by atoms with Crippen molar-refractivity contribution in [3.63, 3.8) is 0 Å². The summed E-state index contributed by atoms with van der Waals surface area (Å²) in [4.78, 5) is 10.1. The molecule has 2 N–H and O–H groups in total. The van der Waals surface area contributed by atoms with Crippen molar-refractivity contribution < 1.29 is 4.74 Å². The molecule has 1 fully saturated rings. The van der Waals surface area contributed by atoms with E-state index in [9.17, 15) is 0 Å². The number of hydrogen-bond donors (Lipinski definition) is 1. The average molecular weight is 338 g/mol. The number of nitrogens with zero attached hydrogens (tertiary/aromatic N) is 2. The molecule has 0 aliphatic heterocycles. The highest BCUT2D eigenvalue weighted by Crippen LogP contribution is 2.35. The second-order valence-electron chi connectivity index (χ2n) is 5.63. The SMILES string of the molecule is Cc1nc(-c2sc(Cl)cc2CN)cnc1OC1CCCCC1. The number of nitrogens with two attached hydrogens (primary N) is 1. The molecule has 22 heavy (non-hydrogen) atoms. The van der Waals surface area contributed by atoms with Crippen molar-refractivity contribution in [2.75, 3.05) is 0 Å². The number of aromatic nitrogens is 2. The maximum Gasteiger partial charge on any atom is 0.235 e. The predicted molar refractivity (Wildman–Crippen MR) is 90.5 cm³/mol. The quantitative estimate of drug-likeness (QED) is 0.901. The molecule has 0 aromatic carbocycles. The van der Waals surface area contributed by atoms with Gasteiger partial charge in [-0.3, -0.25) is 0 Å². The smallest absolute Gasteiger partial charge is 0.235 e. The monoisotopic (exact) mass is 337 g/mol. The van der Waals surface area contributed by atoms with Crippen LogP contribution in [0.15, 0.2) is 12.3 Å². The van der Waals surface area contributed by atoms with Gasteiger partial charge in [-0.05, 0) is 44.2 Å². The highest BCUT2D eigenvalue weighted by atomic mass is 35.5. The Morgan fingerprint density at radius 1 is 1.36 bits per heavy atom. The lowest BCUT2D eigenvalue weighted by Gasteiger charge is -2.22. The largest absolute Gasteiger partial charge is 0.473 e. The van der Waals surface area contributed by atoms with E-state index in [4.69, 9.17) is 22.1 Å². The summed E-state index contributed by atoms with van der Waals surface area (Å²) in [6, 6.07) is 1.89. The Balaban J connectivity index is 1.82. The summed E-state index contributed by atoms with van der Waals surface area (Å²) in [6.45, 7) is 2.38. The Kier molecular flexibility index (Phi) is 4.96. The number of thiophene rings is 1. The van der Waals surface area contributed by atoms with Crippen LogP contribution in [0.3, 0.4) is 0 Å². The van der Waals surface area contributed by atoms with E-state index in [-0.39, 0.29) is 6.10 Å². The van der Waals surface area contributed by atoms with Gasteiger partial charge >= 0.3 is 0 Å². The molecule has 0 atom stereocenters. The Hall–Kier alpha value is -1.17. The fourth-order valence-electron chi connectivity index (χ4n) is 2.80. The van der Waals surface area contributed by atoms with E-state index in [2.05, 4.69) is 9.97 Å². The summed E-state index contributed by atoms with van der Waals surface area (Å²) < 4.78 is 6.74. The Morgan fingerprint density at radius 2 is 2.14 bits per heavy atom. The van der Waals surface area contributed by atoms with Gasteiger partial charge in [-0.15, -0.1) is 11.3 Å². The third-order valence-corrected chi connectivity index (χ3v) is 5.29. The molecule has 1 aliphatic carbocycles. The first-order valence-corrected chi connectivity index (χ1v) is 8.85. The summed E-state index contributed by atoms with van der Waals surface area (Å²) in [7, 11) is 0. The highest BCUT2D eigenvalue weighted by molar-refractivity contribution is 7.19. The molecule has 2 heterocycles. The molecular formula is C16H20ClN3OS. The van der Waals surface area contributed by atoms with Gasteiger partial charge in [0.05, 0.1) is 21.1 Å². The van der Waals surface area contributed by atoms with Gasteiger partial charge in [0, 0.05) is 6.54 Å². The van der Waals surface area contributed by atoms with Gasteiger partial charge in [0.2, 0.25) is 5.88 Å². The average Bonchev–Trinajstić information content (AvgIpc) is 2.91. The fraction of sp³-hybridized carbons (Fsp3) is 0.500. The van der Waals surface area contributed by atoms with E-state index >= 15 is 0 Å². The molecular weight excluding hydrogens is 318 g/mol. The number of ether oxygens (including phenoxy) is 1. The van der Waals surface area contributed by atoms with Crippen LogP contribution in [-0.4, -0.2) is 16.1 Å². The molecule has 4 nitrogen and oxygen atoms in total. The zero-order valence-corrected chi connectivity index (χ0v) is 14.2. The van der Waals surface area contributed by atoms with Gasteiger partial charge in [-0.1, -0.05) is 18.0 Å².